The molecule has 2 unspecified atom stereocenters. The summed E-state index contributed by atoms with van der Waals surface area (Å²) in [6.45, 7) is 9.94. The Kier molecular flexibility index (Phi) is 9.62. The summed E-state index contributed by atoms with van der Waals surface area (Å²) in [5, 5.41) is 14.8. The number of amides is 3. The Morgan fingerprint density at radius 2 is 1.83 bits per heavy atom. The van der Waals surface area contributed by atoms with Crippen LogP contribution >= 0.6 is 0 Å². The average Bonchev–Trinajstić information content (AvgIpc) is 2.82. The molecule has 0 radical (unpaired) electrons. The number of methoxy groups -OCH3 is 1. The highest BCUT2D eigenvalue weighted by atomic mass is 16.6. The molecule has 2 aromatic rings. The Labute approximate surface area is 211 Å². The Morgan fingerprint density at radius 3 is 2.39 bits per heavy atom. The molecule has 36 heavy (non-hydrogen) atoms. The van der Waals surface area contributed by atoms with E-state index in [9.17, 15) is 19.6 Å². The van der Waals surface area contributed by atoms with Gasteiger partial charge in [0.25, 0.3) is 5.91 Å². The molecule has 2 atom stereocenters. The lowest BCUT2D eigenvalue weighted by molar-refractivity contribution is -0.139. The summed E-state index contributed by atoms with van der Waals surface area (Å²) >= 11 is 0. The molecule has 2 rings (SSSR count). The van der Waals surface area contributed by atoms with E-state index in [1.807, 2.05) is 6.07 Å². The standard InChI is InChI=1S/C27H32N4O5/c1-7-19-9-8-10-20(17-19)23(24(32)30-21-11-13-22(35-6)14-12-21)31(16-15-28)25(33)18(2)29-26(34)36-27(3,4)5/h7-14,17-18,23H,1,16H2,2-6H3,(H,29,34)(H,30,32). The van der Waals surface area contributed by atoms with Crippen LogP contribution in [0, 0.1) is 11.3 Å². The van der Waals surface area contributed by atoms with Crippen molar-refractivity contribution < 1.29 is 23.9 Å². The molecule has 0 heterocycles. The zero-order valence-corrected chi connectivity index (χ0v) is 21.2. The lowest BCUT2D eigenvalue weighted by Gasteiger charge is -2.32. The van der Waals surface area contributed by atoms with Crippen LogP contribution in [0.1, 0.15) is 44.9 Å². The number of nitriles is 1. The van der Waals surface area contributed by atoms with E-state index in [1.165, 1.54) is 14.0 Å². The number of rotatable bonds is 9. The normalized spacial score (nSPS) is 12.3. The van der Waals surface area contributed by atoms with Crippen LogP contribution in [-0.4, -0.2) is 48.1 Å². The number of hydrogen-bond donors (Lipinski definition) is 2. The summed E-state index contributed by atoms with van der Waals surface area (Å²) < 4.78 is 10.4. The lowest BCUT2D eigenvalue weighted by Crippen LogP contribution is -2.51. The van der Waals surface area contributed by atoms with Crippen molar-refractivity contribution in [1.29, 1.82) is 5.26 Å². The van der Waals surface area contributed by atoms with Gasteiger partial charge >= 0.3 is 6.09 Å². The first kappa shape index (κ1) is 27.9. The second-order valence-corrected chi connectivity index (χ2v) is 8.99. The molecule has 0 aliphatic heterocycles. The van der Waals surface area contributed by atoms with Gasteiger partial charge in [0.2, 0.25) is 5.91 Å². The molecule has 0 aliphatic rings. The van der Waals surface area contributed by atoms with Crippen LogP contribution in [0.4, 0.5) is 10.5 Å². The fourth-order valence-corrected chi connectivity index (χ4v) is 3.38. The minimum Gasteiger partial charge on any atom is -0.497 e. The van der Waals surface area contributed by atoms with Gasteiger partial charge in [-0.25, -0.2) is 4.79 Å². The molecule has 0 spiro atoms. The van der Waals surface area contributed by atoms with E-state index in [-0.39, 0.29) is 0 Å². The monoisotopic (exact) mass is 492 g/mol. The molecule has 190 valence electrons. The number of nitrogens with zero attached hydrogens (tertiary/aromatic N) is 2. The van der Waals surface area contributed by atoms with Gasteiger partial charge in [0.15, 0.2) is 0 Å². The van der Waals surface area contributed by atoms with Crippen LogP contribution < -0.4 is 15.4 Å². The first-order valence-corrected chi connectivity index (χ1v) is 11.3. The molecule has 0 bridgehead atoms. The molecule has 3 amide bonds. The van der Waals surface area contributed by atoms with Crippen molar-refractivity contribution in [2.75, 3.05) is 19.0 Å². The topological polar surface area (TPSA) is 121 Å². The summed E-state index contributed by atoms with van der Waals surface area (Å²) in [5.74, 6) is -0.540. The van der Waals surface area contributed by atoms with Gasteiger partial charge in [0, 0.05) is 5.69 Å². The molecular weight excluding hydrogens is 460 g/mol. The first-order chi connectivity index (χ1) is 17.0. The van der Waals surface area contributed by atoms with E-state index in [0.29, 0.717) is 17.0 Å². The molecule has 0 aliphatic carbocycles. The van der Waals surface area contributed by atoms with Crippen LogP contribution in [0.25, 0.3) is 6.08 Å². The molecule has 0 saturated carbocycles. The van der Waals surface area contributed by atoms with E-state index >= 15 is 0 Å². The van der Waals surface area contributed by atoms with Gasteiger partial charge < -0.3 is 25.0 Å². The van der Waals surface area contributed by atoms with Gasteiger partial charge in [0.1, 0.15) is 30.0 Å². The van der Waals surface area contributed by atoms with Crippen molar-refractivity contribution in [3.8, 4) is 11.8 Å². The second kappa shape index (κ2) is 12.4. The highest BCUT2D eigenvalue weighted by molar-refractivity contribution is 5.99. The van der Waals surface area contributed by atoms with E-state index < -0.39 is 42.1 Å². The third-order valence-electron chi connectivity index (χ3n) is 5.01. The fourth-order valence-electron chi connectivity index (χ4n) is 3.38. The van der Waals surface area contributed by atoms with Crippen LogP contribution in [0.15, 0.2) is 55.1 Å². The van der Waals surface area contributed by atoms with Crippen molar-refractivity contribution in [3.05, 3.63) is 66.2 Å². The highest BCUT2D eigenvalue weighted by Crippen LogP contribution is 2.26. The van der Waals surface area contributed by atoms with Gasteiger partial charge in [-0.1, -0.05) is 30.9 Å². The highest BCUT2D eigenvalue weighted by Gasteiger charge is 2.35. The van der Waals surface area contributed by atoms with Crippen molar-refractivity contribution >= 4 is 29.7 Å². The Balaban J connectivity index is 2.42. The third-order valence-corrected chi connectivity index (χ3v) is 5.01. The predicted octanol–water partition coefficient (Wildman–Crippen LogP) is 4.28. The van der Waals surface area contributed by atoms with Crippen molar-refractivity contribution in [2.45, 2.75) is 45.4 Å². The maximum absolute atomic E-state index is 13.5. The van der Waals surface area contributed by atoms with E-state index in [1.54, 1.807) is 75.4 Å². The summed E-state index contributed by atoms with van der Waals surface area (Å²) in [4.78, 5) is 40.3. The molecule has 0 fully saturated rings. The van der Waals surface area contributed by atoms with Crippen LogP contribution in [0.3, 0.4) is 0 Å². The summed E-state index contributed by atoms with van der Waals surface area (Å²) in [5.41, 5.74) is 0.936. The number of nitrogens with one attached hydrogen (secondary N) is 2. The van der Waals surface area contributed by atoms with Crippen molar-refractivity contribution in [2.24, 2.45) is 0 Å². The number of alkyl carbamates (subject to hydrolysis) is 1. The van der Waals surface area contributed by atoms with Gasteiger partial charge in [-0.2, -0.15) is 5.26 Å². The van der Waals surface area contributed by atoms with Gasteiger partial charge in [-0.05, 0) is 69.2 Å². The van der Waals surface area contributed by atoms with Gasteiger partial charge in [-0.3, -0.25) is 9.59 Å². The predicted molar refractivity (Wildman–Crippen MR) is 137 cm³/mol. The number of carbonyl (C=O) groups excluding carboxylic acids is 3. The summed E-state index contributed by atoms with van der Waals surface area (Å²) in [6, 6.07) is 13.4. The third kappa shape index (κ3) is 7.87. The minimum atomic E-state index is -1.16. The zero-order chi connectivity index (χ0) is 26.9. The summed E-state index contributed by atoms with van der Waals surface area (Å²) in [6.07, 6.45) is 0.832. The Bertz CT molecular complexity index is 1130. The number of hydrogen-bond acceptors (Lipinski definition) is 6. The Morgan fingerprint density at radius 1 is 1.17 bits per heavy atom. The van der Waals surface area contributed by atoms with E-state index in [4.69, 9.17) is 9.47 Å². The van der Waals surface area contributed by atoms with E-state index in [2.05, 4.69) is 17.2 Å². The largest absolute Gasteiger partial charge is 0.497 e. The fraction of sp³-hybridized carbons (Fsp3) is 0.333. The minimum absolute atomic E-state index is 0.391. The molecule has 2 aromatic carbocycles. The smallest absolute Gasteiger partial charge is 0.408 e. The van der Waals surface area contributed by atoms with E-state index in [0.717, 1.165) is 10.5 Å². The quantitative estimate of drug-likeness (QED) is 0.504. The Hall–Kier alpha value is -4.32. The van der Waals surface area contributed by atoms with Gasteiger partial charge in [-0.15, -0.1) is 0 Å². The number of ether oxygens (including phenoxy) is 2. The number of carbonyl (C=O) groups is 3. The molecule has 9 nitrogen and oxygen atoms in total. The van der Waals surface area contributed by atoms with Crippen LogP contribution in [0.5, 0.6) is 5.75 Å². The molecule has 2 N–H and O–H groups in total. The zero-order valence-electron chi connectivity index (χ0n) is 21.2. The second-order valence-electron chi connectivity index (χ2n) is 8.99. The molecule has 0 saturated heterocycles. The molecule has 9 heteroatoms. The van der Waals surface area contributed by atoms with Crippen LogP contribution in [-0.2, 0) is 14.3 Å². The lowest BCUT2D eigenvalue weighted by atomic mass is 10.0. The SMILES string of the molecule is C=Cc1cccc(C(C(=O)Nc2ccc(OC)cc2)N(CC#N)C(=O)C(C)NC(=O)OC(C)(C)C)c1. The average molecular weight is 493 g/mol. The molecule has 0 aromatic heterocycles. The first-order valence-electron chi connectivity index (χ1n) is 11.3. The number of anilines is 1. The van der Waals surface area contributed by atoms with Crippen molar-refractivity contribution in [1.82, 2.24) is 10.2 Å². The van der Waals surface area contributed by atoms with Gasteiger partial charge in [0.05, 0.1) is 13.2 Å². The molecular formula is C27H32N4O5. The maximum Gasteiger partial charge on any atom is 0.408 e. The maximum atomic E-state index is 13.5. The van der Waals surface area contributed by atoms with Crippen molar-refractivity contribution in [3.63, 3.8) is 0 Å². The summed E-state index contributed by atoms with van der Waals surface area (Å²) in [7, 11) is 1.54. The number of benzene rings is 2. The van der Waals surface area contributed by atoms with Crippen LogP contribution in [0.2, 0.25) is 0 Å².